The van der Waals surface area contributed by atoms with E-state index in [2.05, 4.69) is 15.9 Å². The predicted molar refractivity (Wildman–Crippen MR) is 75.8 cm³/mol. The molecule has 1 aromatic carbocycles. The predicted octanol–water partition coefficient (Wildman–Crippen LogP) is 3.11. The first-order valence-corrected chi connectivity index (χ1v) is 7.17. The Bertz CT molecular complexity index is 604. The number of ether oxygens (including phenoxy) is 1. The first-order chi connectivity index (χ1) is 9.24. The van der Waals surface area contributed by atoms with Gasteiger partial charge in [-0.05, 0) is 38.5 Å². The Labute approximate surface area is 125 Å². The van der Waals surface area contributed by atoms with E-state index in [1.807, 2.05) is 0 Å². The second-order valence-electron chi connectivity index (χ2n) is 5.44. The van der Waals surface area contributed by atoms with Gasteiger partial charge in [0.05, 0.1) is 11.1 Å². The summed E-state index contributed by atoms with van der Waals surface area (Å²) in [5, 5.41) is 0.564. The third-order valence-electron chi connectivity index (χ3n) is 2.68. The molecule has 0 atom stereocenters. The lowest BCUT2D eigenvalue weighted by atomic mass is 10.1. The third-order valence-corrected chi connectivity index (χ3v) is 3.33. The molecule has 3 amide bonds. The average molecular weight is 340 g/mol. The molecule has 5 nitrogen and oxygen atoms in total. The summed E-state index contributed by atoms with van der Waals surface area (Å²) in [4.78, 5) is 36.8. The maximum atomic E-state index is 12.2. The zero-order valence-electron chi connectivity index (χ0n) is 11.4. The number of carbonyl (C=O) groups excluding carboxylic acids is 3. The summed E-state index contributed by atoms with van der Waals surface area (Å²) in [5.41, 5.74) is 0.548. The zero-order valence-corrected chi connectivity index (χ0v) is 13.0. The monoisotopic (exact) mass is 339 g/mol. The van der Waals surface area contributed by atoms with Gasteiger partial charge < -0.3 is 4.74 Å². The molecular weight excluding hydrogens is 326 g/mol. The van der Waals surface area contributed by atoms with Crippen molar-refractivity contribution in [1.82, 2.24) is 4.90 Å². The molecule has 1 heterocycles. The van der Waals surface area contributed by atoms with Gasteiger partial charge in [-0.1, -0.05) is 22.0 Å². The van der Waals surface area contributed by atoms with Crippen LogP contribution >= 0.6 is 15.9 Å². The summed E-state index contributed by atoms with van der Waals surface area (Å²) >= 11 is 3.28. The average Bonchev–Trinajstić information content (AvgIpc) is 2.59. The molecule has 1 aliphatic heterocycles. The van der Waals surface area contributed by atoms with E-state index in [4.69, 9.17) is 4.74 Å². The fraction of sp³-hybridized carbons (Fsp3) is 0.357. The molecule has 20 heavy (non-hydrogen) atoms. The van der Waals surface area contributed by atoms with Crippen molar-refractivity contribution in [3.8, 4) is 0 Å². The summed E-state index contributed by atoms with van der Waals surface area (Å²) in [5.74, 6) is -1.28. The number of alkyl halides is 1. The molecule has 0 N–H and O–H groups in total. The van der Waals surface area contributed by atoms with E-state index >= 15 is 0 Å². The zero-order chi connectivity index (χ0) is 15.1. The van der Waals surface area contributed by atoms with Gasteiger partial charge >= 0.3 is 6.09 Å². The van der Waals surface area contributed by atoms with Gasteiger partial charge in [0, 0.05) is 5.33 Å². The second kappa shape index (κ2) is 5.01. The lowest BCUT2D eigenvalue weighted by Crippen LogP contribution is -2.40. The summed E-state index contributed by atoms with van der Waals surface area (Å²) in [6, 6.07) is 4.89. The second-order valence-corrected chi connectivity index (χ2v) is 6.00. The van der Waals surface area contributed by atoms with Crippen LogP contribution in [0.15, 0.2) is 18.2 Å². The van der Waals surface area contributed by atoms with Crippen molar-refractivity contribution in [3.63, 3.8) is 0 Å². The normalized spacial score (nSPS) is 14.5. The quantitative estimate of drug-likeness (QED) is 0.582. The fourth-order valence-corrected chi connectivity index (χ4v) is 2.19. The van der Waals surface area contributed by atoms with Crippen molar-refractivity contribution in [2.24, 2.45) is 0 Å². The molecule has 0 aromatic heterocycles. The first-order valence-electron chi connectivity index (χ1n) is 6.05. The van der Waals surface area contributed by atoms with Gasteiger partial charge in [-0.3, -0.25) is 9.59 Å². The minimum absolute atomic E-state index is 0.227. The molecule has 2 rings (SSSR count). The highest BCUT2D eigenvalue weighted by Crippen LogP contribution is 2.26. The van der Waals surface area contributed by atoms with Crippen molar-refractivity contribution in [2.75, 3.05) is 0 Å². The van der Waals surface area contributed by atoms with Crippen molar-refractivity contribution < 1.29 is 19.1 Å². The van der Waals surface area contributed by atoms with Crippen LogP contribution < -0.4 is 0 Å². The highest BCUT2D eigenvalue weighted by molar-refractivity contribution is 9.08. The van der Waals surface area contributed by atoms with Crippen LogP contribution in [-0.4, -0.2) is 28.4 Å². The summed E-state index contributed by atoms with van der Waals surface area (Å²) < 4.78 is 5.09. The molecule has 0 saturated heterocycles. The van der Waals surface area contributed by atoms with Crippen LogP contribution in [0.4, 0.5) is 4.79 Å². The highest BCUT2D eigenvalue weighted by atomic mass is 79.9. The van der Waals surface area contributed by atoms with Crippen LogP contribution in [0.1, 0.15) is 47.1 Å². The number of benzene rings is 1. The van der Waals surface area contributed by atoms with E-state index in [1.54, 1.807) is 39.0 Å². The molecule has 0 fully saturated rings. The van der Waals surface area contributed by atoms with E-state index in [9.17, 15) is 14.4 Å². The van der Waals surface area contributed by atoms with Gasteiger partial charge in [0.1, 0.15) is 5.60 Å². The lowest BCUT2D eigenvalue weighted by Gasteiger charge is -2.22. The minimum atomic E-state index is -0.941. The molecule has 6 heteroatoms. The maximum Gasteiger partial charge on any atom is 0.424 e. The molecule has 0 spiro atoms. The van der Waals surface area contributed by atoms with Crippen molar-refractivity contribution in [2.45, 2.75) is 31.7 Å². The Kier molecular flexibility index (Phi) is 3.69. The smallest absolute Gasteiger partial charge is 0.424 e. The molecule has 0 saturated carbocycles. The standard InChI is InChI=1S/C14H14BrNO4/c1-14(2,3)20-13(19)16-11(17)9-5-4-8(7-15)6-10(9)12(16)18/h4-6H,7H2,1-3H3. The van der Waals surface area contributed by atoms with E-state index in [0.717, 1.165) is 5.56 Å². The largest absolute Gasteiger partial charge is 0.443 e. The summed E-state index contributed by atoms with van der Waals surface area (Å²) in [6.07, 6.45) is -0.941. The van der Waals surface area contributed by atoms with Crippen LogP contribution in [-0.2, 0) is 10.1 Å². The Morgan fingerprint density at radius 3 is 2.35 bits per heavy atom. The van der Waals surface area contributed by atoms with Crippen LogP contribution in [0.2, 0.25) is 0 Å². The number of halogens is 1. The molecule has 106 valence electrons. The SMILES string of the molecule is CC(C)(C)OC(=O)N1C(=O)c2ccc(CBr)cc2C1=O. The van der Waals surface area contributed by atoms with Crippen LogP contribution in [0.3, 0.4) is 0 Å². The molecule has 1 aromatic rings. The third kappa shape index (κ3) is 2.60. The van der Waals surface area contributed by atoms with Crippen molar-refractivity contribution in [1.29, 1.82) is 0 Å². The molecule has 0 unspecified atom stereocenters. The number of nitrogens with zero attached hydrogens (tertiary/aromatic N) is 1. The lowest BCUT2D eigenvalue weighted by molar-refractivity contribution is 0.0255. The minimum Gasteiger partial charge on any atom is -0.443 e. The van der Waals surface area contributed by atoms with Crippen LogP contribution in [0.5, 0.6) is 0 Å². The Balaban J connectivity index is 2.35. The Morgan fingerprint density at radius 1 is 1.20 bits per heavy atom. The first kappa shape index (κ1) is 14.7. The summed E-state index contributed by atoms with van der Waals surface area (Å²) in [7, 11) is 0. The van der Waals surface area contributed by atoms with E-state index in [-0.39, 0.29) is 11.1 Å². The number of imide groups is 3. The molecule has 1 aliphatic rings. The van der Waals surface area contributed by atoms with E-state index in [1.165, 1.54) is 0 Å². The molecule has 0 aliphatic carbocycles. The number of fused-ring (bicyclic) bond motifs is 1. The number of rotatable bonds is 1. The van der Waals surface area contributed by atoms with Crippen molar-refractivity contribution >= 4 is 33.8 Å². The van der Waals surface area contributed by atoms with Crippen molar-refractivity contribution in [3.05, 3.63) is 34.9 Å². The van der Waals surface area contributed by atoms with Crippen LogP contribution in [0.25, 0.3) is 0 Å². The van der Waals surface area contributed by atoms with Gasteiger partial charge in [-0.2, -0.15) is 4.90 Å². The number of hydrogen-bond acceptors (Lipinski definition) is 4. The molecular formula is C14H14BrNO4. The number of carbonyl (C=O) groups is 3. The fourth-order valence-electron chi connectivity index (χ4n) is 1.84. The maximum absolute atomic E-state index is 12.2. The van der Waals surface area contributed by atoms with Crippen LogP contribution in [0, 0.1) is 0 Å². The highest BCUT2D eigenvalue weighted by Gasteiger charge is 2.42. The van der Waals surface area contributed by atoms with E-state index < -0.39 is 23.5 Å². The Hall–Kier alpha value is -1.69. The van der Waals surface area contributed by atoms with E-state index in [0.29, 0.717) is 10.2 Å². The molecule has 0 radical (unpaired) electrons. The number of hydrogen-bond donors (Lipinski definition) is 0. The Morgan fingerprint density at radius 2 is 1.80 bits per heavy atom. The van der Waals surface area contributed by atoms with Gasteiger partial charge in [-0.25, -0.2) is 4.79 Å². The van der Waals surface area contributed by atoms with Gasteiger partial charge in [0.15, 0.2) is 0 Å². The molecule has 0 bridgehead atoms. The van der Waals surface area contributed by atoms with Gasteiger partial charge in [0.25, 0.3) is 11.8 Å². The van der Waals surface area contributed by atoms with Gasteiger partial charge in [-0.15, -0.1) is 0 Å². The van der Waals surface area contributed by atoms with Gasteiger partial charge in [0.2, 0.25) is 0 Å². The topological polar surface area (TPSA) is 63.7 Å². The number of amides is 3. The summed E-state index contributed by atoms with van der Waals surface area (Å²) in [6.45, 7) is 5.02.